The highest BCUT2D eigenvalue weighted by atomic mass is 35.5. The van der Waals surface area contributed by atoms with Gasteiger partial charge < -0.3 is 16.4 Å². The number of nitrogens with zero attached hydrogens (tertiary/aromatic N) is 1. The van der Waals surface area contributed by atoms with E-state index in [1.54, 1.807) is 27.0 Å². The molecule has 1 atom stereocenters. The second-order valence-corrected chi connectivity index (χ2v) is 7.37. The predicted molar refractivity (Wildman–Crippen MR) is 105 cm³/mol. The zero-order valence-electron chi connectivity index (χ0n) is 15.2. The summed E-state index contributed by atoms with van der Waals surface area (Å²) in [6.07, 6.45) is 1.36. The van der Waals surface area contributed by atoms with E-state index in [4.69, 9.17) is 5.73 Å². The number of sulfonamides is 1. The lowest BCUT2D eigenvalue weighted by atomic mass is 10.1. The number of rotatable bonds is 9. The van der Waals surface area contributed by atoms with E-state index in [0.717, 1.165) is 6.42 Å². The Kier molecular flexibility index (Phi) is 10.0. The van der Waals surface area contributed by atoms with Gasteiger partial charge in [-0.1, -0.05) is 27.2 Å². The molecule has 1 aromatic rings. The first-order valence-electron chi connectivity index (χ1n) is 8.20. The summed E-state index contributed by atoms with van der Waals surface area (Å²) in [5.74, 6) is -0.328. The minimum Gasteiger partial charge on any atom is -0.386 e. The number of nitrogens with two attached hydrogens (primary N) is 1. The zero-order valence-corrected chi connectivity index (χ0v) is 16.8. The molecule has 25 heavy (non-hydrogen) atoms. The first kappa shape index (κ1) is 23.6. The Morgan fingerprint density at radius 1 is 1.20 bits per heavy atom. The van der Waals surface area contributed by atoms with Crippen LogP contribution in [0, 0.1) is 0 Å². The molecule has 0 radical (unpaired) electrons. The second-order valence-electron chi connectivity index (χ2n) is 5.43. The van der Waals surface area contributed by atoms with Crippen molar-refractivity contribution in [1.82, 2.24) is 4.31 Å². The van der Waals surface area contributed by atoms with Crippen LogP contribution in [0.5, 0.6) is 0 Å². The van der Waals surface area contributed by atoms with E-state index in [0.29, 0.717) is 30.9 Å². The lowest BCUT2D eigenvalue weighted by Gasteiger charge is -2.20. The van der Waals surface area contributed by atoms with Crippen molar-refractivity contribution in [3.8, 4) is 0 Å². The molecule has 9 heteroatoms. The van der Waals surface area contributed by atoms with Crippen LogP contribution in [0.2, 0.25) is 0 Å². The van der Waals surface area contributed by atoms with Gasteiger partial charge in [0.15, 0.2) is 0 Å². The molecule has 0 aliphatic carbocycles. The molecule has 0 spiro atoms. The molecular formula is C16H29ClN4O3S. The van der Waals surface area contributed by atoms with E-state index in [9.17, 15) is 13.2 Å². The standard InChI is InChI=1S/C16H28N4O3S.ClH/c1-5-8-13(17)16(21)19-15-11-12(9-10-14(15)18-4)24(22,23)20(6-2)7-3;/h9-11,13,18H,5-8,17H2,1-4H3,(H,19,21);1H. The summed E-state index contributed by atoms with van der Waals surface area (Å²) >= 11 is 0. The van der Waals surface area contributed by atoms with E-state index in [-0.39, 0.29) is 23.2 Å². The Balaban J connectivity index is 0.00000576. The van der Waals surface area contributed by atoms with Gasteiger partial charge in [0.1, 0.15) is 0 Å². The summed E-state index contributed by atoms with van der Waals surface area (Å²) in [6, 6.07) is 4.01. The van der Waals surface area contributed by atoms with E-state index in [1.807, 2.05) is 6.92 Å². The highest BCUT2D eigenvalue weighted by Crippen LogP contribution is 2.27. The molecule has 144 valence electrons. The molecule has 1 rings (SSSR count). The van der Waals surface area contributed by atoms with Crippen molar-refractivity contribution in [1.29, 1.82) is 0 Å². The van der Waals surface area contributed by atoms with Crippen molar-refractivity contribution in [3.63, 3.8) is 0 Å². The van der Waals surface area contributed by atoms with Crippen molar-refractivity contribution < 1.29 is 13.2 Å². The molecule has 1 amide bonds. The number of halogens is 1. The third kappa shape index (κ3) is 5.85. The van der Waals surface area contributed by atoms with Crippen LogP contribution in [0.15, 0.2) is 23.1 Å². The molecule has 1 unspecified atom stereocenters. The Morgan fingerprint density at radius 2 is 1.80 bits per heavy atom. The van der Waals surface area contributed by atoms with E-state index in [2.05, 4.69) is 10.6 Å². The number of carbonyl (C=O) groups is 1. The van der Waals surface area contributed by atoms with Crippen LogP contribution in [-0.2, 0) is 14.8 Å². The maximum absolute atomic E-state index is 12.6. The largest absolute Gasteiger partial charge is 0.386 e. The fraction of sp³-hybridized carbons (Fsp3) is 0.562. The molecule has 0 heterocycles. The maximum Gasteiger partial charge on any atom is 0.243 e. The summed E-state index contributed by atoms with van der Waals surface area (Å²) in [7, 11) is -1.89. The molecule has 7 nitrogen and oxygen atoms in total. The van der Waals surface area contributed by atoms with Crippen LogP contribution in [0.25, 0.3) is 0 Å². The zero-order chi connectivity index (χ0) is 18.3. The summed E-state index contributed by atoms with van der Waals surface area (Å²) < 4.78 is 26.6. The first-order valence-corrected chi connectivity index (χ1v) is 9.64. The van der Waals surface area contributed by atoms with E-state index < -0.39 is 16.1 Å². The topological polar surface area (TPSA) is 105 Å². The van der Waals surface area contributed by atoms with Crippen LogP contribution in [0.4, 0.5) is 11.4 Å². The highest BCUT2D eigenvalue weighted by molar-refractivity contribution is 7.89. The Bertz CT molecular complexity index is 663. The molecule has 4 N–H and O–H groups in total. The van der Waals surface area contributed by atoms with Gasteiger partial charge in [-0.15, -0.1) is 12.4 Å². The quantitative estimate of drug-likeness (QED) is 0.597. The highest BCUT2D eigenvalue weighted by Gasteiger charge is 2.23. The van der Waals surface area contributed by atoms with Crippen molar-refractivity contribution in [2.45, 2.75) is 44.6 Å². The van der Waals surface area contributed by atoms with Crippen LogP contribution in [0.3, 0.4) is 0 Å². The third-order valence-corrected chi connectivity index (χ3v) is 5.84. The average Bonchev–Trinajstić information content (AvgIpc) is 2.55. The van der Waals surface area contributed by atoms with Gasteiger partial charge in [-0.25, -0.2) is 8.42 Å². The van der Waals surface area contributed by atoms with E-state index in [1.165, 1.54) is 16.4 Å². The van der Waals surface area contributed by atoms with Gasteiger partial charge in [-0.2, -0.15) is 4.31 Å². The summed E-state index contributed by atoms with van der Waals surface area (Å²) in [5.41, 5.74) is 6.86. The number of hydrogen-bond donors (Lipinski definition) is 3. The lowest BCUT2D eigenvalue weighted by molar-refractivity contribution is -0.117. The number of benzene rings is 1. The molecule has 0 fully saturated rings. The Labute approximate surface area is 156 Å². The van der Waals surface area contributed by atoms with Gasteiger partial charge >= 0.3 is 0 Å². The average molecular weight is 393 g/mol. The predicted octanol–water partition coefficient (Wildman–Crippen LogP) is 2.25. The van der Waals surface area contributed by atoms with Crippen molar-refractivity contribution in [2.24, 2.45) is 5.73 Å². The summed E-state index contributed by atoms with van der Waals surface area (Å²) in [5, 5.41) is 5.67. The number of carbonyl (C=O) groups excluding carboxylic acids is 1. The smallest absolute Gasteiger partial charge is 0.243 e. The van der Waals surface area contributed by atoms with Crippen LogP contribution in [0.1, 0.15) is 33.6 Å². The first-order chi connectivity index (χ1) is 11.3. The summed E-state index contributed by atoms with van der Waals surface area (Å²) in [4.78, 5) is 12.3. The molecule has 0 bridgehead atoms. The van der Waals surface area contributed by atoms with Crippen molar-refractivity contribution in [2.75, 3.05) is 30.8 Å². The number of amides is 1. The maximum atomic E-state index is 12.6. The van der Waals surface area contributed by atoms with E-state index >= 15 is 0 Å². The van der Waals surface area contributed by atoms with Gasteiger partial charge in [0.25, 0.3) is 0 Å². The van der Waals surface area contributed by atoms with Gasteiger partial charge in [0.05, 0.1) is 22.3 Å². The fourth-order valence-electron chi connectivity index (χ4n) is 2.39. The Morgan fingerprint density at radius 3 is 2.28 bits per heavy atom. The van der Waals surface area contributed by atoms with Gasteiger partial charge in [-0.3, -0.25) is 4.79 Å². The summed E-state index contributed by atoms with van der Waals surface area (Å²) in [6.45, 7) is 6.29. The Hall–Kier alpha value is -1.35. The second kappa shape index (κ2) is 10.6. The normalized spacial score (nSPS) is 12.4. The molecule has 0 aliphatic rings. The molecule has 1 aromatic carbocycles. The fourth-order valence-corrected chi connectivity index (χ4v) is 3.87. The van der Waals surface area contributed by atoms with Crippen LogP contribution in [-0.4, -0.2) is 44.8 Å². The lowest BCUT2D eigenvalue weighted by Crippen LogP contribution is -2.35. The van der Waals surface area contributed by atoms with Gasteiger partial charge in [-0.05, 0) is 24.6 Å². The number of nitrogens with one attached hydrogen (secondary N) is 2. The minimum atomic E-state index is -3.59. The molecule has 0 aliphatic heterocycles. The SMILES string of the molecule is CCCC(N)C(=O)Nc1cc(S(=O)(=O)N(CC)CC)ccc1NC.Cl. The van der Waals surface area contributed by atoms with Crippen LogP contribution < -0.4 is 16.4 Å². The third-order valence-electron chi connectivity index (χ3n) is 3.80. The molecule has 0 saturated heterocycles. The molecular weight excluding hydrogens is 364 g/mol. The van der Waals surface area contributed by atoms with Gasteiger partial charge in [0.2, 0.25) is 15.9 Å². The minimum absolute atomic E-state index is 0. The number of hydrogen-bond acceptors (Lipinski definition) is 5. The molecule has 0 aromatic heterocycles. The van der Waals surface area contributed by atoms with Crippen molar-refractivity contribution in [3.05, 3.63) is 18.2 Å². The van der Waals surface area contributed by atoms with Crippen LogP contribution >= 0.6 is 12.4 Å². The monoisotopic (exact) mass is 392 g/mol. The molecule has 0 saturated carbocycles. The number of anilines is 2. The van der Waals surface area contributed by atoms with Crippen molar-refractivity contribution >= 4 is 39.7 Å². The van der Waals surface area contributed by atoms with Gasteiger partial charge in [0, 0.05) is 20.1 Å².